The molecule has 0 aromatic rings. The van der Waals surface area contributed by atoms with Gasteiger partial charge >= 0.3 is 0 Å². The molecule has 0 unspecified atom stereocenters. The molecule has 94 valence electrons. The second kappa shape index (κ2) is 8.90. The zero-order chi connectivity index (χ0) is 12.3. The first-order chi connectivity index (χ1) is 8.36. The van der Waals surface area contributed by atoms with Crippen LogP contribution in [0.3, 0.4) is 0 Å². The van der Waals surface area contributed by atoms with Crippen molar-refractivity contribution in [3.05, 3.63) is 35.5 Å². The molecule has 0 spiro atoms. The summed E-state index contributed by atoms with van der Waals surface area (Å²) in [5, 5.41) is 15.6. The molecular formula is C14H21NO2. The van der Waals surface area contributed by atoms with Crippen molar-refractivity contribution < 1.29 is 9.84 Å². The molecular weight excluding hydrogens is 214 g/mol. The van der Waals surface area contributed by atoms with Gasteiger partial charge in [0.2, 0.25) is 0 Å². The van der Waals surface area contributed by atoms with Crippen molar-refractivity contribution in [1.82, 2.24) is 0 Å². The molecule has 0 saturated heterocycles. The van der Waals surface area contributed by atoms with Gasteiger partial charge in [-0.2, -0.15) is 0 Å². The van der Waals surface area contributed by atoms with E-state index in [0.29, 0.717) is 13.2 Å². The van der Waals surface area contributed by atoms with Crippen LogP contribution in [-0.4, -0.2) is 31.1 Å². The topological polar surface area (TPSA) is 53.3 Å². The molecule has 3 heteroatoms. The van der Waals surface area contributed by atoms with E-state index < -0.39 is 0 Å². The van der Waals surface area contributed by atoms with Gasteiger partial charge in [0, 0.05) is 12.8 Å². The first kappa shape index (κ1) is 13.9. The molecule has 0 aliphatic heterocycles. The number of aliphatic hydroxyl groups is 1. The van der Waals surface area contributed by atoms with Crippen LogP contribution in [0.4, 0.5) is 0 Å². The Morgan fingerprint density at radius 2 is 2.24 bits per heavy atom. The predicted octanol–water partition coefficient (Wildman–Crippen LogP) is 2.63. The number of rotatable bonds is 8. The van der Waals surface area contributed by atoms with Gasteiger partial charge in [0.25, 0.3) is 0 Å². The molecule has 2 N–H and O–H groups in total. The zero-order valence-electron chi connectivity index (χ0n) is 10.2. The molecule has 1 aliphatic rings. The summed E-state index contributed by atoms with van der Waals surface area (Å²) in [6, 6.07) is 0. The van der Waals surface area contributed by atoms with Crippen molar-refractivity contribution in [1.29, 1.82) is 5.41 Å². The number of nitrogens with one attached hydrogen (secondary N) is 1. The van der Waals surface area contributed by atoms with Crippen molar-refractivity contribution in [3.8, 4) is 0 Å². The highest BCUT2D eigenvalue weighted by Gasteiger charge is 2.00. The molecule has 0 amide bonds. The predicted molar refractivity (Wildman–Crippen MR) is 70.5 cm³/mol. The summed E-state index contributed by atoms with van der Waals surface area (Å²) in [6.07, 6.45) is 13.6. The van der Waals surface area contributed by atoms with E-state index in [1.165, 1.54) is 17.4 Å². The fraction of sp³-hybridized carbons (Fsp3) is 0.500. The Labute approximate surface area is 103 Å². The maximum atomic E-state index is 8.73. The summed E-state index contributed by atoms with van der Waals surface area (Å²) in [4.78, 5) is 0. The lowest BCUT2D eigenvalue weighted by atomic mass is 10.1. The van der Waals surface area contributed by atoms with Gasteiger partial charge < -0.3 is 15.3 Å². The van der Waals surface area contributed by atoms with Crippen LogP contribution in [0.5, 0.6) is 0 Å². The maximum Gasteiger partial charge on any atom is 0.0816 e. The second-order valence-electron chi connectivity index (χ2n) is 4.07. The minimum absolute atomic E-state index is 0.273. The number of hydrogen-bond donors (Lipinski definition) is 2. The van der Waals surface area contributed by atoms with Crippen LogP contribution in [0.2, 0.25) is 0 Å². The summed E-state index contributed by atoms with van der Waals surface area (Å²) in [5.41, 5.74) is 2.54. The molecule has 1 rings (SSSR count). The van der Waals surface area contributed by atoms with Crippen LogP contribution in [0.25, 0.3) is 0 Å². The van der Waals surface area contributed by atoms with E-state index in [2.05, 4.69) is 24.3 Å². The summed E-state index contributed by atoms with van der Waals surface area (Å²) >= 11 is 0. The quantitative estimate of drug-likeness (QED) is 0.502. The number of unbranched alkanes of at least 4 members (excludes halogenated alkanes) is 1. The van der Waals surface area contributed by atoms with Crippen molar-refractivity contribution in [2.75, 3.05) is 19.8 Å². The van der Waals surface area contributed by atoms with Gasteiger partial charge in [-0.1, -0.05) is 24.3 Å². The van der Waals surface area contributed by atoms with Gasteiger partial charge in [0.15, 0.2) is 0 Å². The SMILES string of the molecule is N=CCOCC1=CC=C(CCCCO)C=CC1. The van der Waals surface area contributed by atoms with Gasteiger partial charge in [0.1, 0.15) is 0 Å². The lowest BCUT2D eigenvalue weighted by molar-refractivity contribution is 0.198. The summed E-state index contributed by atoms with van der Waals surface area (Å²) in [6.45, 7) is 1.25. The average Bonchev–Trinajstić information content (AvgIpc) is 2.56. The van der Waals surface area contributed by atoms with E-state index in [1.807, 2.05) is 0 Å². The van der Waals surface area contributed by atoms with Gasteiger partial charge in [0.05, 0.1) is 13.2 Å². The van der Waals surface area contributed by atoms with E-state index in [1.54, 1.807) is 0 Å². The van der Waals surface area contributed by atoms with Crippen LogP contribution in [0, 0.1) is 5.41 Å². The zero-order valence-corrected chi connectivity index (χ0v) is 10.2. The Kier molecular flexibility index (Phi) is 7.27. The summed E-state index contributed by atoms with van der Waals surface area (Å²) in [5.74, 6) is 0. The molecule has 0 radical (unpaired) electrons. The third kappa shape index (κ3) is 6.19. The average molecular weight is 235 g/mol. The number of hydrogen-bond acceptors (Lipinski definition) is 3. The third-order valence-corrected chi connectivity index (χ3v) is 2.61. The minimum Gasteiger partial charge on any atom is -0.396 e. The van der Waals surface area contributed by atoms with Crippen LogP contribution in [0.1, 0.15) is 25.7 Å². The van der Waals surface area contributed by atoms with Crippen molar-refractivity contribution >= 4 is 6.21 Å². The highest BCUT2D eigenvalue weighted by atomic mass is 16.5. The molecule has 0 heterocycles. The Bertz CT molecular complexity index is 316. The van der Waals surface area contributed by atoms with E-state index in [0.717, 1.165) is 25.7 Å². The standard InChI is InChI=1S/C14H21NO2/c15-9-11-17-12-14-6-3-5-13(7-8-14)4-1-2-10-16/h3,5,7-9,15-16H,1-2,4,6,10-12H2. The van der Waals surface area contributed by atoms with E-state index >= 15 is 0 Å². The molecule has 0 aromatic carbocycles. The minimum atomic E-state index is 0.273. The monoisotopic (exact) mass is 235 g/mol. The molecule has 0 aromatic heterocycles. The highest BCUT2D eigenvalue weighted by molar-refractivity contribution is 5.54. The Hall–Kier alpha value is -1.19. The Morgan fingerprint density at radius 3 is 3.00 bits per heavy atom. The van der Waals surface area contributed by atoms with Crippen LogP contribution in [0.15, 0.2) is 35.5 Å². The van der Waals surface area contributed by atoms with Gasteiger partial charge in [-0.05, 0) is 36.8 Å². The van der Waals surface area contributed by atoms with Gasteiger partial charge in [-0.3, -0.25) is 0 Å². The fourth-order valence-corrected chi connectivity index (χ4v) is 1.67. The molecule has 0 fully saturated rings. The summed E-state index contributed by atoms with van der Waals surface area (Å²) < 4.78 is 5.30. The van der Waals surface area contributed by atoms with E-state index in [9.17, 15) is 0 Å². The Morgan fingerprint density at radius 1 is 1.35 bits per heavy atom. The van der Waals surface area contributed by atoms with Crippen LogP contribution < -0.4 is 0 Å². The molecule has 0 atom stereocenters. The first-order valence-corrected chi connectivity index (χ1v) is 6.09. The van der Waals surface area contributed by atoms with Crippen LogP contribution in [-0.2, 0) is 4.74 Å². The second-order valence-corrected chi connectivity index (χ2v) is 4.07. The lowest BCUT2D eigenvalue weighted by Gasteiger charge is -2.02. The molecule has 3 nitrogen and oxygen atoms in total. The lowest BCUT2D eigenvalue weighted by Crippen LogP contribution is -1.99. The smallest absolute Gasteiger partial charge is 0.0816 e. The number of ether oxygens (including phenoxy) is 1. The Balaban J connectivity index is 2.39. The van der Waals surface area contributed by atoms with Crippen LogP contribution >= 0.6 is 0 Å². The first-order valence-electron chi connectivity index (χ1n) is 6.09. The number of allylic oxidation sites excluding steroid dienone is 5. The molecule has 0 saturated carbocycles. The third-order valence-electron chi connectivity index (χ3n) is 2.61. The van der Waals surface area contributed by atoms with Crippen molar-refractivity contribution in [2.45, 2.75) is 25.7 Å². The molecule has 1 aliphatic carbocycles. The largest absolute Gasteiger partial charge is 0.396 e. The van der Waals surface area contributed by atoms with Gasteiger partial charge in [-0.25, -0.2) is 0 Å². The fourth-order valence-electron chi connectivity index (χ4n) is 1.67. The number of aliphatic hydroxyl groups excluding tert-OH is 1. The van der Waals surface area contributed by atoms with E-state index in [-0.39, 0.29) is 6.61 Å². The van der Waals surface area contributed by atoms with Gasteiger partial charge in [-0.15, -0.1) is 0 Å². The van der Waals surface area contributed by atoms with E-state index in [4.69, 9.17) is 15.3 Å². The normalized spacial score (nSPS) is 15.1. The maximum absolute atomic E-state index is 8.73. The molecule has 17 heavy (non-hydrogen) atoms. The van der Waals surface area contributed by atoms with Crippen molar-refractivity contribution in [2.24, 2.45) is 0 Å². The summed E-state index contributed by atoms with van der Waals surface area (Å²) in [7, 11) is 0. The highest BCUT2D eigenvalue weighted by Crippen LogP contribution is 2.16. The molecule has 0 bridgehead atoms. The van der Waals surface area contributed by atoms with Crippen molar-refractivity contribution in [3.63, 3.8) is 0 Å².